The Morgan fingerprint density at radius 1 is 1.07 bits per heavy atom. The summed E-state index contributed by atoms with van der Waals surface area (Å²) in [4.78, 5) is 12.6. The van der Waals surface area contributed by atoms with E-state index in [2.05, 4.69) is 5.32 Å². The number of amides is 1. The first kappa shape index (κ1) is 21.7. The fourth-order valence-corrected chi connectivity index (χ4v) is 3.68. The molecule has 8 heteroatoms. The lowest BCUT2D eigenvalue weighted by Gasteiger charge is -2.27. The van der Waals surface area contributed by atoms with Gasteiger partial charge in [-0.1, -0.05) is 30.3 Å². The van der Waals surface area contributed by atoms with E-state index in [9.17, 15) is 13.2 Å². The zero-order valence-electron chi connectivity index (χ0n) is 16.6. The molecule has 0 saturated heterocycles. The second-order valence-electron chi connectivity index (χ2n) is 6.42. The van der Waals surface area contributed by atoms with E-state index >= 15 is 0 Å². The van der Waals surface area contributed by atoms with Crippen LogP contribution >= 0.6 is 0 Å². The van der Waals surface area contributed by atoms with Crippen LogP contribution in [0, 0.1) is 0 Å². The summed E-state index contributed by atoms with van der Waals surface area (Å²) in [6, 6.07) is 15.7. The maximum Gasteiger partial charge on any atom is 0.304 e. The number of ether oxygens (including phenoxy) is 1. The molecule has 0 spiro atoms. The van der Waals surface area contributed by atoms with Gasteiger partial charge in [-0.05, 0) is 43.7 Å². The number of hydrogen-bond acceptors (Lipinski definition) is 4. The van der Waals surface area contributed by atoms with Crippen LogP contribution in [0.1, 0.15) is 25.5 Å². The second kappa shape index (κ2) is 9.57. The highest BCUT2D eigenvalue weighted by molar-refractivity contribution is 7.90. The molecule has 1 atom stereocenters. The number of carbonyl (C=O) groups excluding carboxylic acids is 1. The van der Waals surface area contributed by atoms with Crippen molar-refractivity contribution in [1.82, 2.24) is 9.62 Å². The third-order valence-corrected chi connectivity index (χ3v) is 5.96. The number of anilines is 1. The van der Waals surface area contributed by atoms with Crippen molar-refractivity contribution in [2.45, 2.75) is 19.9 Å². The molecule has 0 fully saturated rings. The number of benzene rings is 2. The van der Waals surface area contributed by atoms with Crippen molar-refractivity contribution in [3.63, 3.8) is 0 Å². The van der Waals surface area contributed by atoms with E-state index in [1.165, 1.54) is 14.1 Å². The van der Waals surface area contributed by atoms with Crippen LogP contribution in [0.2, 0.25) is 0 Å². The first-order chi connectivity index (χ1) is 13.3. The zero-order valence-corrected chi connectivity index (χ0v) is 17.4. The number of rotatable bonds is 9. The molecule has 0 bridgehead atoms. The van der Waals surface area contributed by atoms with Crippen LogP contribution in [0.4, 0.5) is 5.69 Å². The van der Waals surface area contributed by atoms with Gasteiger partial charge in [0.15, 0.2) is 0 Å². The van der Waals surface area contributed by atoms with E-state index in [4.69, 9.17) is 4.74 Å². The van der Waals surface area contributed by atoms with Gasteiger partial charge in [-0.2, -0.15) is 12.7 Å². The molecule has 0 unspecified atom stereocenters. The maximum absolute atomic E-state index is 12.7. The highest BCUT2D eigenvalue weighted by Crippen LogP contribution is 2.20. The van der Waals surface area contributed by atoms with Crippen molar-refractivity contribution in [2.75, 3.05) is 31.6 Å². The minimum Gasteiger partial charge on any atom is -0.494 e. The Hall–Kier alpha value is -2.58. The van der Waals surface area contributed by atoms with Gasteiger partial charge < -0.3 is 10.1 Å². The van der Waals surface area contributed by atoms with Crippen LogP contribution in [0.25, 0.3) is 0 Å². The average Bonchev–Trinajstić information content (AvgIpc) is 2.67. The number of hydrogen-bond donors (Lipinski definition) is 1. The molecule has 2 rings (SSSR count). The van der Waals surface area contributed by atoms with Crippen LogP contribution in [0.5, 0.6) is 5.75 Å². The first-order valence-electron chi connectivity index (χ1n) is 9.03. The average molecular weight is 406 g/mol. The Morgan fingerprint density at radius 3 is 2.21 bits per heavy atom. The van der Waals surface area contributed by atoms with Gasteiger partial charge in [-0.15, -0.1) is 0 Å². The summed E-state index contributed by atoms with van der Waals surface area (Å²) in [5, 5.41) is 2.85. The van der Waals surface area contributed by atoms with Gasteiger partial charge in [0, 0.05) is 14.1 Å². The Bertz CT molecular complexity index is 868. The van der Waals surface area contributed by atoms with Gasteiger partial charge in [-0.3, -0.25) is 4.79 Å². The minimum absolute atomic E-state index is 0.275. The van der Waals surface area contributed by atoms with Crippen LogP contribution in [0.15, 0.2) is 54.6 Å². The van der Waals surface area contributed by atoms with Crippen molar-refractivity contribution in [1.29, 1.82) is 0 Å². The van der Waals surface area contributed by atoms with E-state index in [0.29, 0.717) is 12.3 Å². The highest BCUT2D eigenvalue weighted by atomic mass is 32.2. The summed E-state index contributed by atoms with van der Waals surface area (Å²) in [6.07, 6.45) is 0. The largest absolute Gasteiger partial charge is 0.494 e. The predicted molar refractivity (Wildman–Crippen MR) is 111 cm³/mol. The molecule has 0 saturated carbocycles. The van der Waals surface area contributed by atoms with E-state index in [0.717, 1.165) is 19.9 Å². The fraction of sp³-hybridized carbons (Fsp3) is 0.350. The Kier molecular flexibility index (Phi) is 7.42. The van der Waals surface area contributed by atoms with Crippen LogP contribution in [0.3, 0.4) is 0 Å². The van der Waals surface area contributed by atoms with Gasteiger partial charge in [0.1, 0.15) is 12.3 Å². The van der Waals surface area contributed by atoms with Gasteiger partial charge >= 0.3 is 10.2 Å². The molecular formula is C20H27N3O4S. The number of nitrogens with zero attached hydrogens (tertiary/aromatic N) is 2. The van der Waals surface area contributed by atoms with Gasteiger partial charge in [0.05, 0.1) is 18.3 Å². The third kappa shape index (κ3) is 5.46. The number of para-hydroxylation sites is 1. The minimum atomic E-state index is -3.81. The second-order valence-corrected chi connectivity index (χ2v) is 8.49. The molecule has 0 aliphatic rings. The molecule has 0 radical (unpaired) electrons. The Balaban J connectivity index is 2.13. The third-order valence-electron chi connectivity index (χ3n) is 4.14. The Labute approximate surface area is 167 Å². The van der Waals surface area contributed by atoms with Crippen molar-refractivity contribution < 1.29 is 17.9 Å². The lowest BCUT2D eigenvalue weighted by Crippen LogP contribution is -2.46. The molecule has 0 heterocycles. The molecule has 152 valence electrons. The van der Waals surface area contributed by atoms with Crippen molar-refractivity contribution in [3.05, 3.63) is 60.2 Å². The first-order valence-corrected chi connectivity index (χ1v) is 10.4. The van der Waals surface area contributed by atoms with E-state index in [1.54, 1.807) is 30.3 Å². The van der Waals surface area contributed by atoms with Crippen molar-refractivity contribution >= 4 is 21.8 Å². The predicted octanol–water partition coefficient (Wildman–Crippen LogP) is 2.58. The summed E-state index contributed by atoms with van der Waals surface area (Å²) in [6.45, 7) is 4.03. The molecule has 1 amide bonds. The van der Waals surface area contributed by atoms with Crippen molar-refractivity contribution in [3.8, 4) is 5.75 Å². The lowest BCUT2D eigenvalue weighted by molar-refractivity contribution is -0.120. The van der Waals surface area contributed by atoms with Crippen LogP contribution in [-0.2, 0) is 15.0 Å². The van der Waals surface area contributed by atoms with E-state index in [1.807, 2.05) is 38.1 Å². The molecule has 28 heavy (non-hydrogen) atoms. The fourth-order valence-electron chi connectivity index (χ4n) is 2.62. The molecule has 0 aliphatic carbocycles. The quantitative estimate of drug-likeness (QED) is 0.695. The standard InChI is InChI=1S/C20H27N3O4S/c1-5-27-19-13-11-17(12-14-19)16(2)21-20(24)15-23(28(25,26)22(3)4)18-9-7-6-8-10-18/h6-14,16H,5,15H2,1-4H3,(H,21,24)/t16-/m0/s1. The lowest BCUT2D eigenvalue weighted by atomic mass is 10.1. The summed E-state index contributed by atoms with van der Waals surface area (Å²) < 4.78 is 33.0. The molecule has 2 aromatic carbocycles. The smallest absolute Gasteiger partial charge is 0.304 e. The molecule has 0 aliphatic heterocycles. The van der Waals surface area contributed by atoms with Crippen LogP contribution in [-0.4, -0.2) is 45.9 Å². The monoisotopic (exact) mass is 405 g/mol. The Morgan fingerprint density at radius 2 is 1.68 bits per heavy atom. The number of carbonyl (C=O) groups is 1. The summed E-state index contributed by atoms with van der Waals surface area (Å²) in [5.74, 6) is 0.368. The van der Waals surface area contributed by atoms with Gasteiger partial charge in [-0.25, -0.2) is 4.31 Å². The normalized spacial score (nSPS) is 12.5. The van der Waals surface area contributed by atoms with E-state index < -0.39 is 16.1 Å². The van der Waals surface area contributed by atoms with Gasteiger partial charge in [0.25, 0.3) is 0 Å². The van der Waals surface area contributed by atoms with Gasteiger partial charge in [0.2, 0.25) is 5.91 Å². The highest BCUT2D eigenvalue weighted by Gasteiger charge is 2.27. The molecule has 7 nitrogen and oxygen atoms in total. The van der Waals surface area contributed by atoms with Crippen molar-refractivity contribution in [2.24, 2.45) is 0 Å². The maximum atomic E-state index is 12.7. The molecule has 2 aromatic rings. The topological polar surface area (TPSA) is 79.0 Å². The zero-order chi connectivity index (χ0) is 20.7. The SMILES string of the molecule is CCOc1ccc([C@H](C)NC(=O)CN(c2ccccc2)S(=O)(=O)N(C)C)cc1. The summed E-state index contributed by atoms with van der Waals surface area (Å²) in [5.41, 5.74) is 1.33. The summed E-state index contributed by atoms with van der Waals surface area (Å²) >= 11 is 0. The molecule has 1 N–H and O–H groups in total. The van der Waals surface area contributed by atoms with E-state index in [-0.39, 0.29) is 12.6 Å². The summed E-state index contributed by atoms with van der Waals surface area (Å²) in [7, 11) is -0.938. The van der Waals surface area contributed by atoms with Crippen LogP contribution < -0.4 is 14.4 Å². The molecule has 0 aromatic heterocycles. The molecular weight excluding hydrogens is 378 g/mol. The number of nitrogens with one attached hydrogen (secondary N) is 1.